The Morgan fingerprint density at radius 2 is 1.91 bits per heavy atom. The van der Waals surface area contributed by atoms with E-state index in [2.05, 4.69) is 5.32 Å². The number of halogens is 3. The molecule has 0 bridgehead atoms. The van der Waals surface area contributed by atoms with Gasteiger partial charge in [0.1, 0.15) is 11.6 Å². The smallest absolute Gasteiger partial charge is 0.243 e. The number of anilines is 1. The molecule has 1 atom stereocenters. The molecule has 2 aromatic carbocycles. The van der Waals surface area contributed by atoms with Crippen LogP contribution >= 0.6 is 11.6 Å². The van der Waals surface area contributed by atoms with E-state index in [-0.39, 0.29) is 40.8 Å². The third-order valence-corrected chi connectivity index (χ3v) is 7.51. The van der Waals surface area contributed by atoms with Gasteiger partial charge in [0.2, 0.25) is 15.9 Å². The van der Waals surface area contributed by atoms with Crippen molar-refractivity contribution in [1.82, 2.24) is 9.21 Å². The molecule has 11 heteroatoms. The molecule has 1 unspecified atom stereocenters. The van der Waals surface area contributed by atoms with E-state index in [0.29, 0.717) is 13.2 Å². The van der Waals surface area contributed by atoms with E-state index < -0.39 is 33.6 Å². The van der Waals surface area contributed by atoms with Gasteiger partial charge < -0.3 is 10.1 Å². The number of amides is 1. The number of hydrogen-bond donors (Lipinski definition) is 1. The van der Waals surface area contributed by atoms with Gasteiger partial charge in [0.25, 0.3) is 0 Å². The maximum Gasteiger partial charge on any atom is 0.243 e. The third kappa shape index (κ3) is 5.62. The summed E-state index contributed by atoms with van der Waals surface area (Å²) in [6.45, 7) is 2.60. The van der Waals surface area contributed by atoms with E-state index in [4.69, 9.17) is 16.3 Å². The van der Waals surface area contributed by atoms with Crippen LogP contribution in [0.3, 0.4) is 0 Å². The predicted octanol–water partition coefficient (Wildman–Crippen LogP) is 3.27. The lowest BCUT2D eigenvalue weighted by atomic mass is 10.1. The summed E-state index contributed by atoms with van der Waals surface area (Å²) in [7, 11) is -2.17. The Balaban J connectivity index is 1.72. The molecule has 32 heavy (non-hydrogen) atoms. The highest BCUT2D eigenvalue weighted by atomic mass is 35.5. The van der Waals surface area contributed by atoms with Crippen LogP contribution in [0.2, 0.25) is 5.02 Å². The van der Waals surface area contributed by atoms with Gasteiger partial charge in [0, 0.05) is 24.7 Å². The van der Waals surface area contributed by atoms with Crippen LogP contribution < -0.4 is 5.32 Å². The zero-order valence-electron chi connectivity index (χ0n) is 17.6. The zero-order chi connectivity index (χ0) is 23.5. The standard InChI is InChI=1S/C21H24ClF2N3O4S/c1-14(17-11-15(23)3-6-19(17)24)26(2)13-21(28)25-20-12-16(4-5-18(20)22)32(29,30)27-7-9-31-10-8-27/h3-6,11-12,14H,7-10,13H2,1-2H3,(H,25,28). The van der Waals surface area contributed by atoms with Crippen molar-refractivity contribution in [2.75, 3.05) is 45.2 Å². The van der Waals surface area contributed by atoms with Gasteiger partial charge in [0.15, 0.2) is 0 Å². The van der Waals surface area contributed by atoms with Crippen LogP contribution in [0.15, 0.2) is 41.3 Å². The number of morpholine rings is 1. The quantitative estimate of drug-likeness (QED) is 0.648. The van der Waals surface area contributed by atoms with Gasteiger partial charge in [-0.3, -0.25) is 9.69 Å². The largest absolute Gasteiger partial charge is 0.379 e. The molecule has 1 amide bonds. The van der Waals surface area contributed by atoms with Gasteiger partial charge in [0.05, 0.1) is 35.4 Å². The molecule has 0 radical (unpaired) electrons. The number of ether oxygens (including phenoxy) is 1. The van der Waals surface area contributed by atoms with Crippen molar-refractivity contribution in [2.45, 2.75) is 17.9 Å². The molecule has 0 spiro atoms. The predicted molar refractivity (Wildman–Crippen MR) is 117 cm³/mol. The minimum atomic E-state index is -3.76. The molecule has 0 aromatic heterocycles. The Morgan fingerprint density at radius 3 is 2.59 bits per heavy atom. The van der Waals surface area contributed by atoms with Crippen molar-refractivity contribution in [3.8, 4) is 0 Å². The van der Waals surface area contributed by atoms with Crippen LogP contribution in [-0.4, -0.2) is 63.4 Å². The Morgan fingerprint density at radius 1 is 1.22 bits per heavy atom. The van der Waals surface area contributed by atoms with Crippen molar-refractivity contribution in [3.05, 3.63) is 58.6 Å². The number of benzene rings is 2. The summed E-state index contributed by atoms with van der Waals surface area (Å²) in [6.07, 6.45) is 0. The summed E-state index contributed by atoms with van der Waals surface area (Å²) in [5, 5.41) is 2.77. The summed E-state index contributed by atoms with van der Waals surface area (Å²) in [6, 6.07) is 6.65. The van der Waals surface area contributed by atoms with Crippen molar-refractivity contribution in [1.29, 1.82) is 0 Å². The minimum absolute atomic E-state index is 0.00246. The van der Waals surface area contributed by atoms with Gasteiger partial charge >= 0.3 is 0 Å². The zero-order valence-corrected chi connectivity index (χ0v) is 19.2. The first-order valence-electron chi connectivity index (χ1n) is 9.92. The summed E-state index contributed by atoms with van der Waals surface area (Å²) in [4.78, 5) is 14.1. The molecule has 7 nitrogen and oxygen atoms in total. The summed E-state index contributed by atoms with van der Waals surface area (Å²) < 4.78 is 59.8. The first-order chi connectivity index (χ1) is 15.1. The molecule has 1 aliphatic rings. The maximum atomic E-state index is 14.0. The molecule has 3 rings (SSSR count). The molecule has 0 aliphatic carbocycles. The second kappa shape index (κ2) is 10.2. The lowest BCUT2D eigenvalue weighted by Crippen LogP contribution is -2.40. The fraction of sp³-hybridized carbons (Fsp3) is 0.381. The van der Waals surface area contributed by atoms with Crippen molar-refractivity contribution in [2.24, 2.45) is 0 Å². The number of hydrogen-bond acceptors (Lipinski definition) is 5. The minimum Gasteiger partial charge on any atom is -0.379 e. The highest BCUT2D eigenvalue weighted by Gasteiger charge is 2.27. The summed E-state index contributed by atoms with van der Waals surface area (Å²) in [5.41, 5.74) is 0.265. The average molecular weight is 488 g/mol. The van der Waals surface area contributed by atoms with E-state index >= 15 is 0 Å². The van der Waals surface area contributed by atoms with Crippen LogP contribution in [0.1, 0.15) is 18.5 Å². The Labute approximate surface area is 191 Å². The van der Waals surface area contributed by atoms with Crippen LogP contribution in [0.4, 0.5) is 14.5 Å². The van der Waals surface area contributed by atoms with E-state index in [0.717, 1.165) is 18.2 Å². The van der Waals surface area contributed by atoms with Crippen molar-refractivity contribution in [3.63, 3.8) is 0 Å². The molecule has 1 heterocycles. The number of nitrogens with zero attached hydrogens (tertiary/aromatic N) is 2. The fourth-order valence-electron chi connectivity index (χ4n) is 3.32. The first-order valence-corrected chi connectivity index (χ1v) is 11.7. The second-order valence-corrected chi connectivity index (χ2v) is 9.81. The van der Waals surface area contributed by atoms with Gasteiger partial charge in [-0.25, -0.2) is 17.2 Å². The molecule has 0 saturated carbocycles. The Bertz CT molecular complexity index is 1090. The average Bonchev–Trinajstić information content (AvgIpc) is 2.76. The van der Waals surface area contributed by atoms with Crippen LogP contribution in [0.25, 0.3) is 0 Å². The lowest BCUT2D eigenvalue weighted by molar-refractivity contribution is -0.117. The molecular formula is C21H24ClF2N3O4S. The van der Waals surface area contributed by atoms with E-state index in [9.17, 15) is 22.0 Å². The Kier molecular flexibility index (Phi) is 7.84. The number of likely N-dealkylation sites (N-methyl/N-ethyl adjacent to an activating group) is 1. The van der Waals surface area contributed by atoms with Gasteiger partial charge in [-0.2, -0.15) is 4.31 Å². The third-order valence-electron chi connectivity index (χ3n) is 5.28. The van der Waals surface area contributed by atoms with Crippen LogP contribution in [-0.2, 0) is 19.6 Å². The first kappa shape index (κ1) is 24.5. The molecule has 2 aromatic rings. The second-order valence-electron chi connectivity index (χ2n) is 7.46. The van der Waals surface area contributed by atoms with Crippen LogP contribution in [0, 0.1) is 11.6 Å². The monoisotopic (exact) mass is 487 g/mol. The topological polar surface area (TPSA) is 79.0 Å². The number of sulfonamides is 1. The number of rotatable bonds is 7. The van der Waals surface area contributed by atoms with Gasteiger partial charge in [-0.15, -0.1) is 0 Å². The molecule has 1 saturated heterocycles. The van der Waals surface area contributed by atoms with E-state index in [1.54, 1.807) is 14.0 Å². The van der Waals surface area contributed by atoms with Crippen molar-refractivity contribution >= 4 is 33.2 Å². The Hall–Kier alpha value is -2.11. The van der Waals surface area contributed by atoms with Gasteiger partial charge in [-0.05, 0) is 50.4 Å². The molecule has 1 N–H and O–H groups in total. The van der Waals surface area contributed by atoms with Gasteiger partial charge in [-0.1, -0.05) is 11.6 Å². The molecular weight excluding hydrogens is 464 g/mol. The maximum absolute atomic E-state index is 14.0. The fourth-order valence-corrected chi connectivity index (χ4v) is 4.92. The highest BCUT2D eigenvalue weighted by molar-refractivity contribution is 7.89. The van der Waals surface area contributed by atoms with E-state index in [1.165, 1.54) is 27.4 Å². The summed E-state index contributed by atoms with van der Waals surface area (Å²) in [5.74, 6) is -1.63. The normalized spacial score (nSPS) is 16.2. The number of nitrogens with one attached hydrogen (secondary N) is 1. The van der Waals surface area contributed by atoms with E-state index in [1.807, 2.05) is 0 Å². The van der Waals surface area contributed by atoms with Crippen LogP contribution in [0.5, 0.6) is 0 Å². The lowest BCUT2D eigenvalue weighted by Gasteiger charge is -2.26. The SMILES string of the molecule is CC(c1cc(F)ccc1F)N(C)CC(=O)Nc1cc(S(=O)(=O)N2CCOCC2)ccc1Cl. The number of carbonyl (C=O) groups is 1. The molecule has 1 aliphatic heterocycles. The summed E-state index contributed by atoms with van der Waals surface area (Å²) >= 11 is 6.16. The van der Waals surface area contributed by atoms with Crippen molar-refractivity contribution < 1.29 is 26.7 Å². The molecule has 1 fully saturated rings. The molecule has 174 valence electrons. The number of carbonyl (C=O) groups excluding carboxylic acids is 1. The highest BCUT2D eigenvalue weighted by Crippen LogP contribution is 2.28.